The van der Waals surface area contributed by atoms with E-state index >= 15 is 0 Å². The van der Waals surface area contributed by atoms with E-state index in [0.717, 1.165) is 31.4 Å². The van der Waals surface area contributed by atoms with E-state index in [1.165, 1.54) is 6.07 Å². The highest BCUT2D eigenvalue weighted by atomic mass is 79.9. The summed E-state index contributed by atoms with van der Waals surface area (Å²) in [5, 5.41) is 6.01. The summed E-state index contributed by atoms with van der Waals surface area (Å²) >= 11 is 3.10. The van der Waals surface area contributed by atoms with E-state index in [-0.39, 0.29) is 30.2 Å². The van der Waals surface area contributed by atoms with Crippen LogP contribution in [-0.4, -0.2) is 18.5 Å². The van der Waals surface area contributed by atoms with Gasteiger partial charge in [0.15, 0.2) is 0 Å². The van der Waals surface area contributed by atoms with Crippen molar-refractivity contribution in [3.63, 3.8) is 0 Å². The number of hydrogen-bond donors (Lipinski definition) is 2. The van der Waals surface area contributed by atoms with Crippen LogP contribution < -0.4 is 10.6 Å². The predicted molar refractivity (Wildman–Crippen MR) is 78.8 cm³/mol. The lowest BCUT2D eigenvalue weighted by Gasteiger charge is -2.22. The standard InChI is InChI=1S/C13H16BrFN2O.ClH/c14-10-5-4-9(7-11(10)15)8-17-13(18)12-3-1-2-6-16-12;/h4-5,7,12,16H,1-3,6,8H2,(H,17,18);1H. The highest BCUT2D eigenvalue weighted by Crippen LogP contribution is 2.16. The Morgan fingerprint density at radius 2 is 2.26 bits per heavy atom. The van der Waals surface area contributed by atoms with Gasteiger partial charge in [-0.2, -0.15) is 0 Å². The van der Waals surface area contributed by atoms with E-state index in [1.54, 1.807) is 12.1 Å². The van der Waals surface area contributed by atoms with Crippen LogP contribution in [0.1, 0.15) is 24.8 Å². The highest BCUT2D eigenvalue weighted by molar-refractivity contribution is 9.10. The molecule has 2 rings (SSSR count). The van der Waals surface area contributed by atoms with Gasteiger partial charge < -0.3 is 10.6 Å². The molecule has 1 saturated heterocycles. The van der Waals surface area contributed by atoms with Gasteiger partial charge in [-0.1, -0.05) is 12.5 Å². The molecular weight excluding hydrogens is 335 g/mol. The van der Waals surface area contributed by atoms with Gasteiger partial charge in [-0.25, -0.2) is 4.39 Å². The van der Waals surface area contributed by atoms with Crippen molar-refractivity contribution in [2.75, 3.05) is 6.54 Å². The third kappa shape index (κ3) is 4.75. The molecule has 0 aromatic heterocycles. The van der Waals surface area contributed by atoms with E-state index < -0.39 is 0 Å². The van der Waals surface area contributed by atoms with Crippen molar-refractivity contribution in [2.24, 2.45) is 0 Å². The number of carbonyl (C=O) groups is 1. The molecule has 1 fully saturated rings. The number of piperidine rings is 1. The fourth-order valence-corrected chi connectivity index (χ4v) is 2.28. The molecule has 0 spiro atoms. The molecule has 1 heterocycles. The number of amides is 1. The molecule has 6 heteroatoms. The first-order valence-electron chi connectivity index (χ1n) is 6.12. The molecule has 19 heavy (non-hydrogen) atoms. The number of hydrogen-bond acceptors (Lipinski definition) is 2. The smallest absolute Gasteiger partial charge is 0.237 e. The summed E-state index contributed by atoms with van der Waals surface area (Å²) in [6.07, 6.45) is 3.08. The van der Waals surface area contributed by atoms with Crippen LogP contribution in [0.3, 0.4) is 0 Å². The molecular formula is C13H17BrClFN2O. The van der Waals surface area contributed by atoms with Crippen LogP contribution in [0.4, 0.5) is 4.39 Å². The molecule has 106 valence electrons. The van der Waals surface area contributed by atoms with Crippen molar-refractivity contribution in [1.29, 1.82) is 0 Å². The van der Waals surface area contributed by atoms with Gasteiger partial charge in [0.25, 0.3) is 0 Å². The SMILES string of the molecule is Cl.O=C(NCc1ccc(Br)c(F)c1)C1CCCCN1. The van der Waals surface area contributed by atoms with Gasteiger partial charge in [-0.05, 0) is 53.0 Å². The van der Waals surface area contributed by atoms with Gasteiger partial charge >= 0.3 is 0 Å². The Hall–Kier alpha value is -0.650. The van der Waals surface area contributed by atoms with Gasteiger partial charge in [0.2, 0.25) is 5.91 Å². The molecule has 1 unspecified atom stereocenters. The van der Waals surface area contributed by atoms with Crippen molar-refractivity contribution in [1.82, 2.24) is 10.6 Å². The maximum absolute atomic E-state index is 13.3. The number of rotatable bonds is 3. The molecule has 0 saturated carbocycles. The molecule has 1 aromatic rings. The number of nitrogens with one attached hydrogen (secondary N) is 2. The lowest BCUT2D eigenvalue weighted by Crippen LogP contribution is -2.46. The Morgan fingerprint density at radius 1 is 1.47 bits per heavy atom. The second-order valence-corrected chi connectivity index (χ2v) is 5.32. The van der Waals surface area contributed by atoms with Gasteiger partial charge in [0, 0.05) is 6.54 Å². The average Bonchev–Trinajstić information content (AvgIpc) is 2.41. The fraction of sp³-hybridized carbons (Fsp3) is 0.462. The van der Waals surface area contributed by atoms with E-state index in [4.69, 9.17) is 0 Å². The van der Waals surface area contributed by atoms with Gasteiger partial charge in [-0.15, -0.1) is 12.4 Å². The van der Waals surface area contributed by atoms with Crippen LogP contribution in [0.5, 0.6) is 0 Å². The maximum atomic E-state index is 13.3. The molecule has 0 bridgehead atoms. The summed E-state index contributed by atoms with van der Waals surface area (Å²) in [6, 6.07) is 4.77. The van der Waals surface area contributed by atoms with E-state index in [2.05, 4.69) is 26.6 Å². The van der Waals surface area contributed by atoms with Crippen LogP contribution in [0.2, 0.25) is 0 Å². The Morgan fingerprint density at radius 3 is 2.89 bits per heavy atom. The molecule has 3 nitrogen and oxygen atoms in total. The second-order valence-electron chi connectivity index (χ2n) is 4.47. The van der Waals surface area contributed by atoms with Crippen LogP contribution in [0.25, 0.3) is 0 Å². The van der Waals surface area contributed by atoms with E-state index in [0.29, 0.717) is 11.0 Å². The monoisotopic (exact) mass is 350 g/mol. The molecule has 1 aliphatic rings. The van der Waals surface area contributed by atoms with Crippen molar-refractivity contribution < 1.29 is 9.18 Å². The highest BCUT2D eigenvalue weighted by Gasteiger charge is 2.19. The van der Waals surface area contributed by atoms with Crippen molar-refractivity contribution in [2.45, 2.75) is 31.8 Å². The minimum atomic E-state index is -0.308. The van der Waals surface area contributed by atoms with E-state index in [1.807, 2.05) is 0 Å². The zero-order valence-electron chi connectivity index (χ0n) is 10.4. The van der Waals surface area contributed by atoms with Gasteiger partial charge in [0.05, 0.1) is 10.5 Å². The first kappa shape index (κ1) is 16.4. The molecule has 1 atom stereocenters. The Balaban J connectivity index is 0.00000180. The Kier molecular flexibility index (Phi) is 6.75. The lowest BCUT2D eigenvalue weighted by atomic mass is 10.0. The van der Waals surface area contributed by atoms with Crippen LogP contribution >= 0.6 is 28.3 Å². The average molecular weight is 352 g/mol. The molecule has 2 N–H and O–H groups in total. The number of benzene rings is 1. The van der Waals surface area contributed by atoms with Gasteiger partial charge in [0.1, 0.15) is 5.82 Å². The van der Waals surface area contributed by atoms with Crippen molar-refractivity contribution in [3.05, 3.63) is 34.1 Å². The van der Waals surface area contributed by atoms with Crippen LogP contribution in [0.15, 0.2) is 22.7 Å². The van der Waals surface area contributed by atoms with Crippen molar-refractivity contribution >= 4 is 34.2 Å². The largest absolute Gasteiger partial charge is 0.351 e. The maximum Gasteiger partial charge on any atom is 0.237 e. The normalized spacial score (nSPS) is 18.5. The Labute approximate surface area is 126 Å². The molecule has 1 aliphatic heterocycles. The first-order chi connectivity index (χ1) is 8.66. The number of halogens is 3. The molecule has 0 aliphatic carbocycles. The first-order valence-corrected chi connectivity index (χ1v) is 6.91. The summed E-state index contributed by atoms with van der Waals surface area (Å²) in [5.41, 5.74) is 0.764. The number of carbonyl (C=O) groups excluding carboxylic acids is 1. The molecule has 1 amide bonds. The fourth-order valence-electron chi connectivity index (χ4n) is 2.04. The minimum Gasteiger partial charge on any atom is -0.351 e. The summed E-state index contributed by atoms with van der Waals surface area (Å²) in [5.74, 6) is -0.310. The summed E-state index contributed by atoms with van der Waals surface area (Å²) in [4.78, 5) is 11.8. The molecule has 0 radical (unpaired) electrons. The molecule has 1 aromatic carbocycles. The van der Waals surface area contributed by atoms with E-state index in [9.17, 15) is 9.18 Å². The summed E-state index contributed by atoms with van der Waals surface area (Å²) < 4.78 is 13.7. The van der Waals surface area contributed by atoms with Crippen molar-refractivity contribution in [3.8, 4) is 0 Å². The van der Waals surface area contributed by atoms with Crippen LogP contribution in [0, 0.1) is 5.82 Å². The topological polar surface area (TPSA) is 41.1 Å². The second kappa shape index (κ2) is 7.82. The zero-order chi connectivity index (χ0) is 13.0. The lowest BCUT2D eigenvalue weighted by molar-refractivity contribution is -0.123. The quantitative estimate of drug-likeness (QED) is 0.879. The Bertz CT molecular complexity index is 439. The predicted octanol–water partition coefficient (Wildman–Crippen LogP) is 2.77. The summed E-state index contributed by atoms with van der Waals surface area (Å²) in [7, 11) is 0. The third-order valence-corrected chi connectivity index (χ3v) is 3.72. The van der Waals surface area contributed by atoms with Crippen LogP contribution in [-0.2, 0) is 11.3 Å². The summed E-state index contributed by atoms with van der Waals surface area (Å²) in [6.45, 7) is 1.26. The minimum absolute atomic E-state index is 0. The third-order valence-electron chi connectivity index (χ3n) is 3.08. The zero-order valence-corrected chi connectivity index (χ0v) is 12.8. The van der Waals surface area contributed by atoms with Gasteiger partial charge in [-0.3, -0.25) is 4.79 Å².